The second-order valence-corrected chi connectivity index (χ2v) is 5.35. The fraction of sp³-hybridized carbons (Fsp3) is 0.105. The van der Waals surface area contributed by atoms with Crippen molar-refractivity contribution in [1.29, 1.82) is 10.5 Å². The minimum atomic E-state index is -0.158. The number of fused-ring (bicyclic) bond motifs is 1. The standard InChI is InChI=1S/C19H12N2O2/c1-11-3-5-13(6-4-11)19(22)18-12(2)23-17-8-15(10-21)14(9-20)7-16(17)18/h3-8H,1-2H3. The van der Waals surface area contributed by atoms with E-state index < -0.39 is 0 Å². The topological polar surface area (TPSA) is 77.8 Å². The molecule has 0 fully saturated rings. The molecule has 0 spiro atoms. The number of nitriles is 2. The van der Waals surface area contributed by atoms with E-state index in [1.54, 1.807) is 25.1 Å². The fourth-order valence-corrected chi connectivity index (χ4v) is 2.58. The Morgan fingerprint density at radius 1 is 1.00 bits per heavy atom. The van der Waals surface area contributed by atoms with Crippen molar-refractivity contribution in [2.45, 2.75) is 13.8 Å². The normalized spacial score (nSPS) is 10.3. The van der Waals surface area contributed by atoms with E-state index in [2.05, 4.69) is 0 Å². The van der Waals surface area contributed by atoms with E-state index in [-0.39, 0.29) is 16.9 Å². The van der Waals surface area contributed by atoms with Crippen LogP contribution in [0.4, 0.5) is 0 Å². The van der Waals surface area contributed by atoms with Crippen LogP contribution in [-0.4, -0.2) is 5.78 Å². The molecule has 3 aromatic rings. The first-order valence-corrected chi connectivity index (χ1v) is 7.04. The number of nitrogens with zero attached hydrogens (tertiary/aromatic N) is 2. The molecule has 0 aliphatic heterocycles. The molecule has 0 saturated carbocycles. The summed E-state index contributed by atoms with van der Waals surface area (Å²) in [6.07, 6.45) is 0. The molecule has 23 heavy (non-hydrogen) atoms. The van der Waals surface area contributed by atoms with Crippen LogP contribution in [0.2, 0.25) is 0 Å². The first kappa shape index (κ1) is 14.6. The van der Waals surface area contributed by atoms with E-state index in [0.717, 1.165) is 5.56 Å². The Kier molecular flexibility index (Phi) is 3.44. The smallest absolute Gasteiger partial charge is 0.197 e. The number of rotatable bonds is 2. The fourth-order valence-electron chi connectivity index (χ4n) is 2.58. The van der Waals surface area contributed by atoms with Gasteiger partial charge in [-0.15, -0.1) is 0 Å². The number of hydrogen-bond donors (Lipinski definition) is 0. The highest BCUT2D eigenvalue weighted by atomic mass is 16.3. The van der Waals surface area contributed by atoms with Crippen LogP contribution in [-0.2, 0) is 0 Å². The SMILES string of the molecule is Cc1ccc(C(=O)c2c(C)oc3cc(C#N)c(C#N)cc23)cc1. The van der Waals surface area contributed by atoms with Crippen LogP contribution in [0.3, 0.4) is 0 Å². The maximum Gasteiger partial charge on any atom is 0.197 e. The van der Waals surface area contributed by atoms with Gasteiger partial charge in [-0.3, -0.25) is 4.79 Å². The molecule has 0 aliphatic carbocycles. The molecular formula is C19H12N2O2. The molecule has 0 bridgehead atoms. The van der Waals surface area contributed by atoms with E-state index in [1.165, 1.54) is 6.07 Å². The van der Waals surface area contributed by atoms with E-state index in [4.69, 9.17) is 9.68 Å². The van der Waals surface area contributed by atoms with E-state index >= 15 is 0 Å². The lowest BCUT2D eigenvalue weighted by Crippen LogP contribution is -2.02. The minimum absolute atomic E-state index is 0.158. The molecule has 0 unspecified atom stereocenters. The first-order valence-electron chi connectivity index (χ1n) is 7.04. The summed E-state index contributed by atoms with van der Waals surface area (Å²) in [6.45, 7) is 3.66. The van der Waals surface area contributed by atoms with Gasteiger partial charge in [-0.05, 0) is 19.9 Å². The van der Waals surface area contributed by atoms with Crippen LogP contribution in [0.15, 0.2) is 40.8 Å². The Morgan fingerprint density at radius 3 is 2.22 bits per heavy atom. The summed E-state index contributed by atoms with van der Waals surface area (Å²) in [5.74, 6) is 0.319. The molecule has 0 saturated heterocycles. The number of aryl methyl sites for hydroxylation is 2. The number of benzene rings is 2. The molecule has 0 atom stereocenters. The van der Waals surface area contributed by atoms with Crippen molar-refractivity contribution in [2.75, 3.05) is 0 Å². The van der Waals surface area contributed by atoms with Crippen LogP contribution < -0.4 is 0 Å². The molecule has 110 valence electrons. The van der Waals surface area contributed by atoms with Gasteiger partial charge in [0.25, 0.3) is 0 Å². The minimum Gasteiger partial charge on any atom is -0.461 e. The zero-order chi connectivity index (χ0) is 16.6. The van der Waals surface area contributed by atoms with Crippen molar-refractivity contribution < 1.29 is 9.21 Å². The Morgan fingerprint density at radius 2 is 1.61 bits per heavy atom. The molecule has 4 heteroatoms. The quantitative estimate of drug-likeness (QED) is 0.669. The predicted octanol–water partition coefficient (Wildman–Crippen LogP) is 4.02. The molecule has 0 N–H and O–H groups in total. The second kappa shape index (κ2) is 5.44. The highest BCUT2D eigenvalue weighted by Gasteiger charge is 2.21. The van der Waals surface area contributed by atoms with Crippen LogP contribution in [0.1, 0.15) is 38.4 Å². The molecule has 1 aromatic heterocycles. The summed E-state index contributed by atoms with van der Waals surface area (Å²) in [5.41, 5.74) is 2.98. The summed E-state index contributed by atoms with van der Waals surface area (Å²) < 4.78 is 5.63. The van der Waals surface area contributed by atoms with E-state index in [1.807, 2.05) is 31.2 Å². The van der Waals surface area contributed by atoms with Crippen molar-refractivity contribution in [3.63, 3.8) is 0 Å². The van der Waals surface area contributed by atoms with Crippen LogP contribution in [0.5, 0.6) is 0 Å². The van der Waals surface area contributed by atoms with Crippen molar-refractivity contribution in [3.8, 4) is 12.1 Å². The average molecular weight is 300 g/mol. The zero-order valence-corrected chi connectivity index (χ0v) is 12.7. The van der Waals surface area contributed by atoms with Gasteiger partial charge in [0.1, 0.15) is 23.5 Å². The van der Waals surface area contributed by atoms with Gasteiger partial charge in [0.2, 0.25) is 0 Å². The van der Waals surface area contributed by atoms with E-state index in [0.29, 0.717) is 27.9 Å². The predicted molar refractivity (Wildman–Crippen MR) is 85.0 cm³/mol. The molecule has 3 rings (SSSR count). The van der Waals surface area contributed by atoms with Crippen LogP contribution in [0, 0.1) is 36.5 Å². The highest BCUT2D eigenvalue weighted by Crippen LogP contribution is 2.30. The Hall–Kier alpha value is -3.37. The third kappa shape index (κ3) is 2.37. The summed E-state index contributed by atoms with van der Waals surface area (Å²) in [7, 11) is 0. The Labute approximate surface area is 133 Å². The van der Waals surface area contributed by atoms with Crippen LogP contribution >= 0.6 is 0 Å². The van der Waals surface area contributed by atoms with Gasteiger partial charge in [-0.25, -0.2) is 0 Å². The molecule has 2 aromatic carbocycles. The van der Waals surface area contributed by atoms with Gasteiger partial charge in [-0.1, -0.05) is 29.8 Å². The molecule has 0 radical (unpaired) electrons. The number of furan rings is 1. The number of carbonyl (C=O) groups is 1. The molecule has 1 heterocycles. The second-order valence-electron chi connectivity index (χ2n) is 5.35. The summed E-state index contributed by atoms with van der Waals surface area (Å²) in [6, 6.07) is 14.3. The lowest BCUT2D eigenvalue weighted by molar-refractivity contribution is 0.103. The summed E-state index contributed by atoms with van der Waals surface area (Å²) in [4.78, 5) is 12.8. The lowest BCUT2D eigenvalue weighted by Gasteiger charge is -2.02. The average Bonchev–Trinajstić information content (AvgIpc) is 2.88. The van der Waals surface area contributed by atoms with Crippen LogP contribution in [0.25, 0.3) is 11.0 Å². The summed E-state index contributed by atoms with van der Waals surface area (Å²) >= 11 is 0. The molecule has 0 aliphatic rings. The van der Waals surface area contributed by atoms with Gasteiger partial charge in [0.05, 0.1) is 16.7 Å². The molecular weight excluding hydrogens is 288 g/mol. The largest absolute Gasteiger partial charge is 0.461 e. The van der Waals surface area contributed by atoms with E-state index in [9.17, 15) is 10.1 Å². The van der Waals surface area contributed by atoms with Crippen molar-refractivity contribution in [3.05, 3.63) is 70.0 Å². The lowest BCUT2D eigenvalue weighted by atomic mass is 9.97. The molecule has 0 amide bonds. The first-order chi connectivity index (χ1) is 11.0. The zero-order valence-electron chi connectivity index (χ0n) is 12.7. The number of hydrogen-bond acceptors (Lipinski definition) is 4. The highest BCUT2D eigenvalue weighted by molar-refractivity contribution is 6.17. The number of ketones is 1. The van der Waals surface area contributed by atoms with Crippen molar-refractivity contribution >= 4 is 16.8 Å². The van der Waals surface area contributed by atoms with Crippen molar-refractivity contribution in [2.24, 2.45) is 0 Å². The van der Waals surface area contributed by atoms with Gasteiger partial charge in [0.15, 0.2) is 5.78 Å². The Bertz CT molecular complexity index is 1010. The monoisotopic (exact) mass is 300 g/mol. The van der Waals surface area contributed by atoms with Gasteiger partial charge in [0, 0.05) is 17.0 Å². The maximum atomic E-state index is 12.8. The van der Waals surface area contributed by atoms with Crippen molar-refractivity contribution in [1.82, 2.24) is 0 Å². The molecule has 4 nitrogen and oxygen atoms in total. The van der Waals surface area contributed by atoms with Gasteiger partial charge >= 0.3 is 0 Å². The van der Waals surface area contributed by atoms with Gasteiger partial charge < -0.3 is 4.42 Å². The third-order valence-corrected chi connectivity index (χ3v) is 3.79. The van der Waals surface area contributed by atoms with Gasteiger partial charge in [-0.2, -0.15) is 10.5 Å². The summed E-state index contributed by atoms with van der Waals surface area (Å²) in [5, 5.41) is 18.8. The maximum absolute atomic E-state index is 12.8. The number of carbonyl (C=O) groups excluding carboxylic acids is 1. The Balaban J connectivity index is 2.23. The third-order valence-electron chi connectivity index (χ3n) is 3.79.